The Labute approximate surface area is 188 Å². The van der Waals surface area contributed by atoms with E-state index >= 15 is 0 Å². The monoisotopic (exact) mass is 432 g/mol. The van der Waals surface area contributed by atoms with Gasteiger partial charge in [-0.2, -0.15) is 0 Å². The summed E-state index contributed by atoms with van der Waals surface area (Å²) in [4.78, 5) is 25.3. The number of anilines is 1. The first kappa shape index (κ1) is 22.9. The van der Waals surface area contributed by atoms with E-state index in [1.807, 2.05) is 55.5 Å². The number of carbonyl (C=O) groups is 2. The molecule has 0 aliphatic heterocycles. The zero-order valence-corrected chi connectivity index (χ0v) is 18.6. The molecule has 6 heteroatoms. The highest BCUT2D eigenvalue weighted by atomic mass is 16.5. The number of hydrogen-bond acceptors (Lipinski definition) is 4. The maximum Gasteiger partial charge on any atom is 0.265 e. The Bertz CT molecular complexity index is 1050. The topological polar surface area (TPSA) is 76.7 Å². The van der Waals surface area contributed by atoms with Crippen molar-refractivity contribution < 1.29 is 19.1 Å². The van der Waals surface area contributed by atoms with Crippen LogP contribution >= 0.6 is 0 Å². The summed E-state index contributed by atoms with van der Waals surface area (Å²) in [6.45, 7) is 4.13. The minimum Gasteiger partial charge on any atom is -0.497 e. The second-order valence-corrected chi connectivity index (χ2v) is 7.46. The third kappa shape index (κ3) is 6.35. The molecule has 0 aliphatic rings. The molecule has 3 rings (SSSR count). The Morgan fingerprint density at radius 1 is 0.906 bits per heavy atom. The van der Waals surface area contributed by atoms with E-state index in [0.29, 0.717) is 30.0 Å². The molecule has 2 N–H and O–H groups in total. The number of nitrogens with one attached hydrogen (secondary N) is 2. The molecule has 1 unspecified atom stereocenters. The van der Waals surface area contributed by atoms with Crippen LogP contribution in [0.15, 0.2) is 72.8 Å². The number of benzene rings is 3. The lowest BCUT2D eigenvalue weighted by Gasteiger charge is -2.16. The first-order chi connectivity index (χ1) is 15.5. The van der Waals surface area contributed by atoms with Crippen molar-refractivity contribution in [3.8, 4) is 11.5 Å². The molecule has 32 heavy (non-hydrogen) atoms. The van der Waals surface area contributed by atoms with Crippen LogP contribution in [-0.2, 0) is 11.2 Å². The van der Waals surface area contributed by atoms with E-state index in [1.54, 1.807) is 38.3 Å². The fraction of sp³-hybridized carbons (Fsp3) is 0.231. The first-order valence-corrected chi connectivity index (χ1v) is 10.5. The molecule has 0 spiro atoms. The molecule has 3 aromatic rings. The summed E-state index contributed by atoms with van der Waals surface area (Å²) in [7, 11) is 1.63. The Balaban J connectivity index is 1.57. The van der Waals surface area contributed by atoms with Gasteiger partial charge in [0.2, 0.25) is 0 Å². The predicted octanol–water partition coefficient (Wildman–Crippen LogP) is 4.38. The summed E-state index contributed by atoms with van der Waals surface area (Å²) < 4.78 is 10.9. The molecule has 0 heterocycles. The van der Waals surface area contributed by atoms with Gasteiger partial charge in [0.05, 0.1) is 18.4 Å². The summed E-state index contributed by atoms with van der Waals surface area (Å²) in [6.07, 6.45) is -0.0324. The molecule has 0 radical (unpaired) electrons. The van der Waals surface area contributed by atoms with Gasteiger partial charge in [-0.05, 0) is 62.2 Å². The Kier molecular flexibility index (Phi) is 7.86. The predicted molar refractivity (Wildman–Crippen MR) is 125 cm³/mol. The van der Waals surface area contributed by atoms with Gasteiger partial charge in [-0.3, -0.25) is 9.59 Å². The molecule has 6 nitrogen and oxygen atoms in total. The molecular weight excluding hydrogens is 404 g/mol. The first-order valence-electron chi connectivity index (χ1n) is 10.5. The van der Waals surface area contributed by atoms with Gasteiger partial charge in [-0.25, -0.2) is 0 Å². The molecule has 166 valence electrons. The molecule has 0 aromatic heterocycles. The van der Waals surface area contributed by atoms with E-state index in [9.17, 15) is 9.59 Å². The van der Waals surface area contributed by atoms with E-state index in [2.05, 4.69) is 10.6 Å². The van der Waals surface area contributed by atoms with Crippen LogP contribution in [0.4, 0.5) is 5.69 Å². The molecule has 0 aliphatic carbocycles. The largest absolute Gasteiger partial charge is 0.497 e. The number of aryl methyl sites for hydroxylation is 1. The quantitative estimate of drug-likeness (QED) is 0.526. The van der Waals surface area contributed by atoms with Gasteiger partial charge in [-0.15, -0.1) is 0 Å². The van der Waals surface area contributed by atoms with Crippen LogP contribution in [-0.4, -0.2) is 31.6 Å². The maximum absolute atomic E-state index is 12.7. The zero-order valence-electron chi connectivity index (χ0n) is 18.6. The molecule has 0 bridgehead atoms. The van der Waals surface area contributed by atoms with E-state index in [4.69, 9.17) is 9.47 Å². The number of carbonyl (C=O) groups excluding carboxylic acids is 2. The van der Waals surface area contributed by atoms with Crippen molar-refractivity contribution in [2.24, 2.45) is 0 Å². The number of ether oxygens (including phenoxy) is 2. The fourth-order valence-corrected chi connectivity index (χ4v) is 3.11. The van der Waals surface area contributed by atoms with Crippen LogP contribution in [0.3, 0.4) is 0 Å². The van der Waals surface area contributed by atoms with E-state index < -0.39 is 6.10 Å². The number of methoxy groups -OCH3 is 1. The number of para-hydroxylation sites is 1. The van der Waals surface area contributed by atoms with Crippen LogP contribution in [0.1, 0.15) is 28.4 Å². The van der Waals surface area contributed by atoms with Gasteiger partial charge < -0.3 is 20.1 Å². The third-order valence-corrected chi connectivity index (χ3v) is 4.99. The van der Waals surface area contributed by atoms with Gasteiger partial charge >= 0.3 is 0 Å². The van der Waals surface area contributed by atoms with Gasteiger partial charge in [0.25, 0.3) is 11.8 Å². The van der Waals surface area contributed by atoms with E-state index in [0.717, 1.165) is 16.9 Å². The number of hydrogen-bond donors (Lipinski definition) is 2. The minimum absolute atomic E-state index is 0.249. The van der Waals surface area contributed by atoms with Gasteiger partial charge in [0.1, 0.15) is 11.5 Å². The smallest absolute Gasteiger partial charge is 0.265 e. The zero-order chi connectivity index (χ0) is 22.9. The lowest BCUT2D eigenvalue weighted by molar-refractivity contribution is -0.122. The highest BCUT2D eigenvalue weighted by Gasteiger charge is 2.18. The Hall–Kier alpha value is -3.80. The molecule has 2 amide bonds. The highest BCUT2D eigenvalue weighted by molar-refractivity contribution is 6.04. The Morgan fingerprint density at radius 3 is 2.25 bits per heavy atom. The van der Waals surface area contributed by atoms with Crippen LogP contribution in [0.5, 0.6) is 11.5 Å². The second-order valence-electron chi connectivity index (χ2n) is 7.46. The highest BCUT2D eigenvalue weighted by Crippen LogP contribution is 2.18. The minimum atomic E-state index is -0.719. The van der Waals surface area contributed by atoms with Crippen LogP contribution in [0, 0.1) is 6.92 Å². The average Bonchev–Trinajstić information content (AvgIpc) is 2.81. The van der Waals surface area contributed by atoms with Crippen molar-refractivity contribution in [3.63, 3.8) is 0 Å². The normalized spacial score (nSPS) is 11.3. The van der Waals surface area contributed by atoms with E-state index in [1.165, 1.54) is 0 Å². The van der Waals surface area contributed by atoms with Crippen LogP contribution in [0.25, 0.3) is 0 Å². The van der Waals surface area contributed by atoms with Crippen molar-refractivity contribution >= 4 is 17.5 Å². The SMILES string of the molecule is COc1ccc(CCNC(=O)c2ccccc2NC(=O)C(C)Oc2ccc(C)cc2)cc1. The van der Waals surface area contributed by atoms with Gasteiger partial charge in [-0.1, -0.05) is 42.0 Å². The molecule has 1 atom stereocenters. The molecular formula is C26H28N2O4. The average molecular weight is 433 g/mol. The van der Waals surface area contributed by atoms with Crippen molar-refractivity contribution in [1.29, 1.82) is 0 Å². The van der Waals surface area contributed by atoms with Gasteiger partial charge in [0.15, 0.2) is 6.10 Å². The lowest BCUT2D eigenvalue weighted by Crippen LogP contribution is -2.32. The summed E-state index contributed by atoms with van der Waals surface area (Å²) in [5.74, 6) is 0.830. The number of rotatable bonds is 9. The maximum atomic E-state index is 12.7. The third-order valence-electron chi connectivity index (χ3n) is 4.99. The summed E-state index contributed by atoms with van der Waals surface area (Å²) in [5.41, 5.74) is 3.05. The van der Waals surface area contributed by atoms with Gasteiger partial charge in [0, 0.05) is 6.54 Å². The van der Waals surface area contributed by atoms with Crippen LogP contribution in [0.2, 0.25) is 0 Å². The van der Waals surface area contributed by atoms with Crippen molar-refractivity contribution in [3.05, 3.63) is 89.5 Å². The second kappa shape index (κ2) is 11.0. The summed E-state index contributed by atoms with van der Waals surface area (Å²) in [5, 5.41) is 5.72. The summed E-state index contributed by atoms with van der Waals surface area (Å²) >= 11 is 0. The lowest BCUT2D eigenvalue weighted by atomic mass is 10.1. The standard InChI is InChI=1S/C26H28N2O4/c1-18-8-12-22(13-9-18)32-19(2)25(29)28-24-7-5-4-6-23(24)26(30)27-17-16-20-10-14-21(31-3)15-11-20/h4-15,19H,16-17H2,1-3H3,(H,27,30)(H,28,29). The van der Waals surface area contributed by atoms with Crippen LogP contribution < -0.4 is 20.1 Å². The van der Waals surface area contributed by atoms with E-state index in [-0.39, 0.29) is 11.8 Å². The van der Waals surface area contributed by atoms with Crippen molar-refractivity contribution in [2.75, 3.05) is 19.0 Å². The van der Waals surface area contributed by atoms with Crippen molar-refractivity contribution in [1.82, 2.24) is 5.32 Å². The molecule has 0 saturated carbocycles. The fourth-order valence-electron chi connectivity index (χ4n) is 3.11. The molecule has 0 saturated heterocycles. The van der Waals surface area contributed by atoms with Crippen molar-refractivity contribution in [2.45, 2.75) is 26.4 Å². The molecule has 3 aromatic carbocycles. The number of amides is 2. The Morgan fingerprint density at radius 2 is 1.56 bits per heavy atom. The molecule has 0 fully saturated rings. The summed E-state index contributed by atoms with van der Waals surface area (Å²) in [6, 6.07) is 22.1.